The van der Waals surface area contributed by atoms with E-state index in [1.54, 1.807) is 0 Å². The molecular formula is C15H25N3O. The molecule has 0 saturated heterocycles. The molecule has 0 aliphatic carbocycles. The quantitative estimate of drug-likeness (QED) is 0.557. The molecule has 0 saturated carbocycles. The van der Waals surface area contributed by atoms with Crippen molar-refractivity contribution in [1.29, 1.82) is 0 Å². The predicted molar refractivity (Wildman–Crippen MR) is 79.7 cm³/mol. The summed E-state index contributed by atoms with van der Waals surface area (Å²) in [6.45, 7) is 6.90. The second kappa shape index (κ2) is 8.53. The smallest absolute Gasteiger partial charge is 0.234 e. The van der Waals surface area contributed by atoms with E-state index in [0.29, 0.717) is 13.1 Å². The van der Waals surface area contributed by atoms with Crippen LogP contribution >= 0.6 is 0 Å². The number of rotatable bonds is 8. The molecule has 1 amide bonds. The lowest BCUT2D eigenvalue weighted by Gasteiger charge is -2.20. The van der Waals surface area contributed by atoms with Crippen molar-refractivity contribution in [2.75, 3.05) is 25.4 Å². The number of hydrogen-bond acceptors (Lipinski definition) is 3. The standard InChI is InChI=1S/C15H25N3O/c1-3-5-10-17-15(19)12-18(4-2)11-13-8-6-7-9-14(13)16/h6-9H,3-5,10-12,16H2,1-2H3,(H,17,19). The fraction of sp³-hybridized carbons (Fsp3) is 0.533. The van der Waals surface area contributed by atoms with Gasteiger partial charge in [0.25, 0.3) is 0 Å². The number of nitrogens with zero attached hydrogens (tertiary/aromatic N) is 1. The molecule has 1 rings (SSSR count). The van der Waals surface area contributed by atoms with Crippen molar-refractivity contribution >= 4 is 11.6 Å². The van der Waals surface area contributed by atoms with Crippen molar-refractivity contribution in [3.05, 3.63) is 29.8 Å². The van der Waals surface area contributed by atoms with Gasteiger partial charge in [-0.2, -0.15) is 0 Å². The first-order chi connectivity index (χ1) is 9.17. The normalized spacial score (nSPS) is 10.7. The van der Waals surface area contributed by atoms with E-state index in [1.807, 2.05) is 24.3 Å². The van der Waals surface area contributed by atoms with Gasteiger partial charge < -0.3 is 11.1 Å². The highest BCUT2D eigenvalue weighted by Gasteiger charge is 2.10. The monoisotopic (exact) mass is 263 g/mol. The Bertz CT molecular complexity index is 393. The van der Waals surface area contributed by atoms with Crippen LogP contribution in [0.1, 0.15) is 32.3 Å². The summed E-state index contributed by atoms with van der Waals surface area (Å²) >= 11 is 0. The molecule has 0 atom stereocenters. The zero-order valence-electron chi connectivity index (χ0n) is 12.0. The Balaban J connectivity index is 2.45. The molecule has 0 heterocycles. The van der Waals surface area contributed by atoms with E-state index in [0.717, 1.165) is 37.2 Å². The average Bonchev–Trinajstić information content (AvgIpc) is 2.40. The minimum atomic E-state index is 0.0878. The van der Waals surface area contributed by atoms with Crippen molar-refractivity contribution < 1.29 is 4.79 Å². The van der Waals surface area contributed by atoms with Crippen LogP contribution in [0.2, 0.25) is 0 Å². The largest absolute Gasteiger partial charge is 0.398 e. The molecule has 4 heteroatoms. The van der Waals surface area contributed by atoms with Crippen LogP contribution in [0.3, 0.4) is 0 Å². The Labute approximate surface area is 116 Å². The summed E-state index contributed by atoms with van der Waals surface area (Å²) in [4.78, 5) is 13.9. The van der Waals surface area contributed by atoms with Crippen LogP contribution in [0.5, 0.6) is 0 Å². The Morgan fingerprint density at radius 3 is 2.68 bits per heavy atom. The maximum atomic E-state index is 11.8. The summed E-state index contributed by atoms with van der Waals surface area (Å²) in [5, 5.41) is 2.94. The Morgan fingerprint density at radius 2 is 2.05 bits per heavy atom. The molecule has 0 radical (unpaired) electrons. The molecule has 0 aliphatic rings. The van der Waals surface area contributed by atoms with Gasteiger partial charge >= 0.3 is 0 Å². The molecule has 1 aromatic carbocycles. The van der Waals surface area contributed by atoms with Crippen LogP contribution in [0, 0.1) is 0 Å². The minimum absolute atomic E-state index is 0.0878. The van der Waals surface area contributed by atoms with Crippen molar-refractivity contribution in [1.82, 2.24) is 10.2 Å². The third-order valence-corrected chi connectivity index (χ3v) is 3.12. The van der Waals surface area contributed by atoms with E-state index >= 15 is 0 Å². The fourth-order valence-corrected chi connectivity index (χ4v) is 1.86. The fourth-order valence-electron chi connectivity index (χ4n) is 1.86. The van der Waals surface area contributed by atoms with Crippen molar-refractivity contribution in [2.24, 2.45) is 0 Å². The minimum Gasteiger partial charge on any atom is -0.398 e. The van der Waals surface area contributed by atoms with E-state index < -0.39 is 0 Å². The molecule has 0 spiro atoms. The van der Waals surface area contributed by atoms with E-state index in [9.17, 15) is 4.79 Å². The van der Waals surface area contributed by atoms with Crippen molar-refractivity contribution in [3.8, 4) is 0 Å². The molecule has 0 aromatic heterocycles. The molecular weight excluding hydrogens is 238 g/mol. The number of anilines is 1. The van der Waals surface area contributed by atoms with E-state index in [1.165, 1.54) is 0 Å². The lowest BCUT2D eigenvalue weighted by Crippen LogP contribution is -2.37. The molecule has 0 fully saturated rings. The summed E-state index contributed by atoms with van der Waals surface area (Å²) < 4.78 is 0. The van der Waals surface area contributed by atoms with Crippen LogP contribution in [0.25, 0.3) is 0 Å². The van der Waals surface area contributed by atoms with Gasteiger partial charge in [0, 0.05) is 18.8 Å². The number of unbranched alkanes of at least 4 members (excludes halogenated alkanes) is 1. The number of benzene rings is 1. The van der Waals surface area contributed by atoms with Crippen LogP contribution < -0.4 is 11.1 Å². The molecule has 1 aromatic rings. The Kier molecular flexibility index (Phi) is 6.97. The number of carbonyl (C=O) groups excluding carboxylic acids is 1. The van der Waals surface area contributed by atoms with E-state index in [2.05, 4.69) is 24.1 Å². The average molecular weight is 263 g/mol. The SMILES string of the molecule is CCCCNC(=O)CN(CC)Cc1ccccc1N. The first kappa shape index (κ1) is 15.5. The zero-order valence-corrected chi connectivity index (χ0v) is 12.0. The lowest BCUT2D eigenvalue weighted by atomic mass is 10.1. The van der Waals surface area contributed by atoms with Crippen LogP contribution in [0.4, 0.5) is 5.69 Å². The topological polar surface area (TPSA) is 58.4 Å². The molecule has 0 unspecified atom stereocenters. The first-order valence-corrected chi connectivity index (χ1v) is 6.99. The summed E-state index contributed by atoms with van der Waals surface area (Å²) in [6.07, 6.45) is 2.13. The van der Waals surface area contributed by atoms with Crippen LogP contribution in [-0.4, -0.2) is 30.4 Å². The summed E-state index contributed by atoms with van der Waals surface area (Å²) in [6, 6.07) is 7.80. The number of carbonyl (C=O) groups is 1. The van der Waals surface area contributed by atoms with E-state index in [4.69, 9.17) is 5.73 Å². The second-order valence-electron chi connectivity index (χ2n) is 4.71. The van der Waals surface area contributed by atoms with Gasteiger partial charge in [0.1, 0.15) is 0 Å². The van der Waals surface area contributed by atoms with Gasteiger partial charge in [-0.15, -0.1) is 0 Å². The zero-order chi connectivity index (χ0) is 14.1. The van der Waals surface area contributed by atoms with Gasteiger partial charge in [-0.1, -0.05) is 38.5 Å². The Hall–Kier alpha value is -1.55. The number of amides is 1. The molecule has 0 aliphatic heterocycles. The van der Waals surface area contributed by atoms with Crippen molar-refractivity contribution in [2.45, 2.75) is 33.2 Å². The summed E-state index contributed by atoms with van der Waals surface area (Å²) in [5.74, 6) is 0.0878. The van der Waals surface area contributed by atoms with Crippen LogP contribution in [0.15, 0.2) is 24.3 Å². The number of para-hydroxylation sites is 1. The third kappa shape index (κ3) is 5.75. The predicted octanol–water partition coefficient (Wildman–Crippen LogP) is 2.01. The van der Waals surface area contributed by atoms with Gasteiger partial charge in [-0.25, -0.2) is 0 Å². The number of hydrogen-bond donors (Lipinski definition) is 2. The van der Waals surface area contributed by atoms with Gasteiger partial charge in [0.2, 0.25) is 5.91 Å². The van der Waals surface area contributed by atoms with Gasteiger partial charge in [0.05, 0.1) is 6.54 Å². The number of nitrogens with two attached hydrogens (primary N) is 1. The highest BCUT2D eigenvalue weighted by molar-refractivity contribution is 5.78. The Morgan fingerprint density at radius 1 is 1.32 bits per heavy atom. The second-order valence-corrected chi connectivity index (χ2v) is 4.71. The van der Waals surface area contributed by atoms with Crippen molar-refractivity contribution in [3.63, 3.8) is 0 Å². The van der Waals surface area contributed by atoms with E-state index in [-0.39, 0.29) is 5.91 Å². The molecule has 19 heavy (non-hydrogen) atoms. The maximum absolute atomic E-state index is 11.8. The number of nitrogen functional groups attached to an aromatic ring is 1. The molecule has 4 nitrogen and oxygen atoms in total. The number of likely N-dealkylation sites (N-methyl/N-ethyl adjacent to an activating group) is 1. The van der Waals surface area contributed by atoms with Gasteiger partial charge in [-0.3, -0.25) is 9.69 Å². The van der Waals surface area contributed by atoms with Gasteiger partial charge in [-0.05, 0) is 24.6 Å². The third-order valence-electron chi connectivity index (χ3n) is 3.12. The highest BCUT2D eigenvalue weighted by atomic mass is 16.2. The molecule has 0 bridgehead atoms. The summed E-state index contributed by atoms with van der Waals surface area (Å²) in [5.41, 5.74) is 7.78. The number of nitrogens with one attached hydrogen (secondary N) is 1. The first-order valence-electron chi connectivity index (χ1n) is 6.99. The lowest BCUT2D eigenvalue weighted by molar-refractivity contribution is -0.122. The highest BCUT2D eigenvalue weighted by Crippen LogP contribution is 2.12. The molecule has 3 N–H and O–H groups in total. The van der Waals surface area contributed by atoms with Crippen LogP contribution in [-0.2, 0) is 11.3 Å². The molecule has 106 valence electrons. The maximum Gasteiger partial charge on any atom is 0.234 e. The summed E-state index contributed by atoms with van der Waals surface area (Å²) in [7, 11) is 0. The van der Waals surface area contributed by atoms with Gasteiger partial charge in [0.15, 0.2) is 0 Å².